The normalized spacial score (nSPS) is 15.8. The second kappa shape index (κ2) is 19.1. The molecule has 0 radical (unpaired) electrons. The van der Waals surface area contributed by atoms with Crippen molar-refractivity contribution < 1.29 is 14.7 Å². The Morgan fingerprint density at radius 2 is 1.34 bits per heavy atom. The molecule has 2 amide bonds. The summed E-state index contributed by atoms with van der Waals surface area (Å²) in [5.74, 6) is 0.485. The molecule has 1 heterocycles. The summed E-state index contributed by atoms with van der Waals surface area (Å²) in [4.78, 5) is 24.3. The van der Waals surface area contributed by atoms with E-state index in [1.165, 1.54) is 4.90 Å². The van der Waals surface area contributed by atoms with Gasteiger partial charge in [-0.15, -0.1) is 0 Å². The van der Waals surface area contributed by atoms with Crippen molar-refractivity contribution in [3.05, 3.63) is 60.8 Å². The number of hydrogen-bond acceptors (Lipinski definition) is 2. The standard InChI is InChI=1S/C27H42N2O3/c1-2-3-4-5-6-7-8-9-10-11-12-13-14-15-16-17-18-19-26(30)28-24-25-20-22-29(23-21-25)27(31)32/h3-4,6-7,9-10,12-13,15-16,25H,2,5,8,11,14,17-24H2,1H3,(H,28,30)(H,31,32)/b4-3-,7-6-,10-9-,13-12-,16-15-. The lowest BCUT2D eigenvalue weighted by Gasteiger charge is -2.29. The first-order valence-corrected chi connectivity index (χ1v) is 12.1. The first kappa shape index (κ1) is 27.5. The Kier molecular flexibility index (Phi) is 16.4. The van der Waals surface area contributed by atoms with Crippen LogP contribution in [0.25, 0.3) is 0 Å². The largest absolute Gasteiger partial charge is 0.465 e. The van der Waals surface area contributed by atoms with Crippen LogP contribution >= 0.6 is 0 Å². The van der Waals surface area contributed by atoms with Gasteiger partial charge < -0.3 is 15.3 Å². The molecule has 1 fully saturated rings. The summed E-state index contributed by atoms with van der Waals surface area (Å²) in [5, 5.41) is 12.0. The van der Waals surface area contributed by atoms with Crippen molar-refractivity contribution in [2.45, 2.75) is 71.1 Å². The van der Waals surface area contributed by atoms with Crippen LogP contribution in [0.2, 0.25) is 0 Å². The average Bonchev–Trinajstić information content (AvgIpc) is 2.80. The van der Waals surface area contributed by atoms with Gasteiger partial charge in [0.1, 0.15) is 0 Å². The van der Waals surface area contributed by atoms with Crippen LogP contribution in [-0.4, -0.2) is 41.6 Å². The van der Waals surface area contributed by atoms with Crippen LogP contribution in [0.5, 0.6) is 0 Å². The minimum absolute atomic E-state index is 0.0954. The van der Waals surface area contributed by atoms with E-state index < -0.39 is 6.09 Å². The molecule has 0 spiro atoms. The number of hydrogen-bond donors (Lipinski definition) is 2. The van der Waals surface area contributed by atoms with Gasteiger partial charge in [0.05, 0.1) is 0 Å². The zero-order valence-electron chi connectivity index (χ0n) is 19.8. The minimum atomic E-state index is -0.845. The summed E-state index contributed by atoms with van der Waals surface area (Å²) in [7, 11) is 0. The van der Waals surface area contributed by atoms with Gasteiger partial charge in [0.15, 0.2) is 0 Å². The predicted molar refractivity (Wildman–Crippen MR) is 134 cm³/mol. The number of amides is 2. The van der Waals surface area contributed by atoms with Gasteiger partial charge in [-0.3, -0.25) is 4.79 Å². The van der Waals surface area contributed by atoms with Crippen molar-refractivity contribution in [3.63, 3.8) is 0 Å². The zero-order chi connectivity index (χ0) is 23.3. The fourth-order valence-electron chi connectivity index (χ4n) is 3.42. The number of unbranched alkanes of at least 4 members (excludes halogenated alkanes) is 1. The van der Waals surface area contributed by atoms with E-state index in [2.05, 4.69) is 73.0 Å². The first-order chi connectivity index (χ1) is 15.6. The molecule has 1 aliphatic rings. The Morgan fingerprint density at radius 3 is 1.84 bits per heavy atom. The number of carbonyl (C=O) groups excluding carboxylic acids is 1. The molecule has 1 rings (SSSR count). The van der Waals surface area contributed by atoms with Gasteiger partial charge in [-0.2, -0.15) is 0 Å². The third-order valence-corrected chi connectivity index (χ3v) is 5.41. The number of allylic oxidation sites excluding steroid dienone is 10. The molecule has 0 unspecified atom stereocenters. The fraction of sp³-hybridized carbons (Fsp3) is 0.556. The minimum Gasteiger partial charge on any atom is -0.465 e. The first-order valence-electron chi connectivity index (χ1n) is 12.1. The van der Waals surface area contributed by atoms with E-state index in [1.54, 1.807) is 0 Å². The van der Waals surface area contributed by atoms with E-state index in [0.717, 1.165) is 57.8 Å². The molecule has 0 aromatic rings. The van der Waals surface area contributed by atoms with Gasteiger partial charge in [0.25, 0.3) is 0 Å². The summed E-state index contributed by atoms with van der Waals surface area (Å²) < 4.78 is 0. The van der Waals surface area contributed by atoms with Gasteiger partial charge in [0, 0.05) is 26.1 Å². The molecule has 0 aromatic heterocycles. The maximum Gasteiger partial charge on any atom is 0.407 e. The lowest BCUT2D eigenvalue weighted by molar-refractivity contribution is -0.121. The predicted octanol–water partition coefficient (Wildman–Crippen LogP) is 6.41. The summed E-state index contributed by atoms with van der Waals surface area (Å²) in [5.41, 5.74) is 0. The summed E-state index contributed by atoms with van der Waals surface area (Å²) in [6.07, 6.45) is 30.0. The SMILES string of the molecule is CC/C=C\C/C=C\C/C=C\C/C=C\C/C=C\CCCC(=O)NCC1CCN(C(=O)O)CC1. The van der Waals surface area contributed by atoms with Gasteiger partial charge in [-0.1, -0.05) is 67.7 Å². The maximum absolute atomic E-state index is 12.0. The number of likely N-dealkylation sites (tertiary alicyclic amines) is 1. The molecule has 1 saturated heterocycles. The number of carboxylic acid groups (broad SMARTS) is 1. The van der Waals surface area contributed by atoms with Crippen LogP contribution in [0.1, 0.15) is 71.1 Å². The molecule has 5 heteroatoms. The van der Waals surface area contributed by atoms with E-state index in [1.807, 2.05) is 0 Å². The molecule has 0 saturated carbocycles. The molecule has 178 valence electrons. The number of nitrogens with one attached hydrogen (secondary N) is 1. The van der Waals surface area contributed by atoms with Crippen molar-refractivity contribution >= 4 is 12.0 Å². The van der Waals surface area contributed by atoms with E-state index in [0.29, 0.717) is 32.0 Å². The number of carbonyl (C=O) groups is 2. The Morgan fingerprint density at radius 1 is 0.844 bits per heavy atom. The van der Waals surface area contributed by atoms with Crippen molar-refractivity contribution in [1.29, 1.82) is 0 Å². The molecule has 2 N–H and O–H groups in total. The lowest BCUT2D eigenvalue weighted by Crippen LogP contribution is -2.40. The van der Waals surface area contributed by atoms with Crippen LogP contribution in [-0.2, 0) is 4.79 Å². The van der Waals surface area contributed by atoms with Crippen LogP contribution in [0.3, 0.4) is 0 Å². The average molecular weight is 443 g/mol. The van der Waals surface area contributed by atoms with Crippen LogP contribution in [0, 0.1) is 5.92 Å². The Balaban J connectivity index is 1.95. The van der Waals surface area contributed by atoms with Crippen molar-refractivity contribution in [1.82, 2.24) is 10.2 Å². The molecule has 0 aliphatic carbocycles. The number of rotatable bonds is 15. The molecule has 1 aliphatic heterocycles. The third-order valence-electron chi connectivity index (χ3n) is 5.41. The summed E-state index contributed by atoms with van der Waals surface area (Å²) in [6.45, 7) is 3.95. The maximum atomic E-state index is 12.0. The number of piperidine rings is 1. The van der Waals surface area contributed by atoms with E-state index >= 15 is 0 Å². The Hall–Kier alpha value is -2.56. The van der Waals surface area contributed by atoms with Gasteiger partial charge in [-0.25, -0.2) is 4.79 Å². The van der Waals surface area contributed by atoms with Crippen LogP contribution in [0.4, 0.5) is 4.79 Å². The highest BCUT2D eigenvalue weighted by Gasteiger charge is 2.22. The molecule has 5 nitrogen and oxygen atoms in total. The summed E-state index contributed by atoms with van der Waals surface area (Å²) >= 11 is 0. The monoisotopic (exact) mass is 442 g/mol. The van der Waals surface area contributed by atoms with Crippen molar-refractivity contribution in [2.75, 3.05) is 19.6 Å². The highest BCUT2D eigenvalue weighted by atomic mass is 16.4. The lowest BCUT2D eigenvalue weighted by atomic mass is 9.97. The second-order valence-corrected chi connectivity index (χ2v) is 8.12. The van der Waals surface area contributed by atoms with E-state index in [-0.39, 0.29) is 5.91 Å². The highest BCUT2D eigenvalue weighted by Crippen LogP contribution is 2.16. The third kappa shape index (κ3) is 15.3. The van der Waals surface area contributed by atoms with E-state index in [9.17, 15) is 9.59 Å². The smallest absolute Gasteiger partial charge is 0.407 e. The molecular weight excluding hydrogens is 400 g/mol. The zero-order valence-corrected chi connectivity index (χ0v) is 19.8. The molecule has 32 heavy (non-hydrogen) atoms. The second-order valence-electron chi connectivity index (χ2n) is 8.12. The van der Waals surface area contributed by atoms with Crippen LogP contribution < -0.4 is 5.32 Å². The van der Waals surface area contributed by atoms with Crippen LogP contribution in [0.15, 0.2) is 60.8 Å². The molecule has 0 aromatic carbocycles. The fourth-order valence-corrected chi connectivity index (χ4v) is 3.42. The number of nitrogens with zero attached hydrogens (tertiary/aromatic N) is 1. The molecule has 0 atom stereocenters. The summed E-state index contributed by atoms with van der Waals surface area (Å²) in [6, 6.07) is 0. The Labute approximate surface area is 194 Å². The van der Waals surface area contributed by atoms with Gasteiger partial charge in [0.2, 0.25) is 5.91 Å². The topological polar surface area (TPSA) is 69.6 Å². The van der Waals surface area contributed by atoms with E-state index in [4.69, 9.17) is 5.11 Å². The Bertz CT molecular complexity index is 654. The van der Waals surface area contributed by atoms with Crippen molar-refractivity contribution in [3.8, 4) is 0 Å². The molecular formula is C27H42N2O3. The highest BCUT2D eigenvalue weighted by molar-refractivity contribution is 5.75. The van der Waals surface area contributed by atoms with Gasteiger partial charge in [-0.05, 0) is 63.7 Å². The quantitative estimate of drug-likeness (QED) is 0.227. The van der Waals surface area contributed by atoms with Crippen molar-refractivity contribution in [2.24, 2.45) is 5.92 Å². The van der Waals surface area contributed by atoms with Gasteiger partial charge >= 0.3 is 6.09 Å². The molecule has 0 bridgehead atoms.